The number of guanidine groups is 1. The second kappa shape index (κ2) is 2.89. The lowest BCUT2D eigenvalue weighted by Crippen LogP contribution is -2.48. The third-order valence-corrected chi connectivity index (χ3v) is 3.69. The van der Waals surface area contributed by atoms with Crippen LogP contribution in [0.3, 0.4) is 0 Å². The van der Waals surface area contributed by atoms with Crippen LogP contribution in [0.1, 0.15) is 32.6 Å². The molecule has 0 bridgehead atoms. The van der Waals surface area contributed by atoms with Crippen LogP contribution in [0.15, 0.2) is 4.99 Å². The van der Waals surface area contributed by atoms with E-state index in [1.165, 1.54) is 25.7 Å². The van der Waals surface area contributed by atoms with Gasteiger partial charge in [-0.25, -0.2) is 0 Å². The van der Waals surface area contributed by atoms with Crippen LogP contribution in [-0.2, 0) is 0 Å². The second-order valence-electron chi connectivity index (χ2n) is 4.73. The molecule has 3 nitrogen and oxygen atoms in total. The highest BCUT2D eigenvalue weighted by Gasteiger charge is 2.38. The van der Waals surface area contributed by atoms with E-state index in [-0.39, 0.29) is 5.54 Å². The molecule has 2 N–H and O–H groups in total. The van der Waals surface area contributed by atoms with Crippen molar-refractivity contribution < 1.29 is 0 Å². The highest BCUT2D eigenvalue weighted by atomic mass is 15.3. The molecule has 74 valence electrons. The maximum atomic E-state index is 5.76. The smallest absolute Gasteiger partial charge is 0.191 e. The maximum absolute atomic E-state index is 5.76. The lowest BCUT2D eigenvalue weighted by molar-refractivity contribution is 0.161. The number of hydrogen-bond acceptors (Lipinski definition) is 3. The van der Waals surface area contributed by atoms with E-state index < -0.39 is 0 Å². The SMILES string of the molecule is CN1C(N)=NCC1(C)CC1CCC1. The number of rotatable bonds is 2. The zero-order valence-electron chi connectivity index (χ0n) is 8.58. The highest BCUT2D eigenvalue weighted by molar-refractivity contribution is 5.80. The molecule has 1 fully saturated rings. The van der Waals surface area contributed by atoms with Crippen molar-refractivity contribution >= 4 is 5.96 Å². The Morgan fingerprint density at radius 1 is 1.62 bits per heavy atom. The van der Waals surface area contributed by atoms with Crippen LogP contribution >= 0.6 is 0 Å². The molecule has 1 atom stereocenters. The Balaban J connectivity index is 1.97. The molecule has 0 aromatic carbocycles. The molecule has 1 aliphatic carbocycles. The fourth-order valence-electron chi connectivity index (χ4n) is 2.26. The van der Waals surface area contributed by atoms with Gasteiger partial charge in [-0.05, 0) is 19.3 Å². The van der Waals surface area contributed by atoms with Gasteiger partial charge in [-0.1, -0.05) is 19.3 Å². The molecule has 0 saturated heterocycles. The van der Waals surface area contributed by atoms with E-state index in [0.29, 0.717) is 5.96 Å². The van der Waals surface area contributed by atoms with Gasteiger partial charge in [0.2, 0.25) is 0 Å². The summed E-state index contributed by atoms with van der Waals surface area (Å²) in [6.07, 6.45) is 5.49. The van der Waals surface area contributed by atoms with Crippen molar-refractivity contribution in [3.63, 3.8) is 0 Å². The first-order valence-corrected chi connectivity index (χ1v) is 5.15. The molecule has 2 rings (SSSR count). The van der Waals surface area contributed by atoms with Gasteiger partial charge >= 0.3 is 0 Å². The largest absolute Gasteiger partial charge is 0.370 e. The summed E-state index contributed by atoms with van der Waals surface area (Å²) in [5, 5.41) is 0. The van der Waals surface area contributed by atoms with Gasteiger partial charge in [-0.3, -0.25) is 4.99 Å². The van der Waals surface area contributed by atoms with Crippen LogP contribution in [0, 0.1) is 5.92 Å². The first-order valence-electron chi connectivity index (χ1n) is 5.15. The van der Waals surface area contributed by atoms with E-state index in [1.807, 2.05) is 0 Å². The molecule has 1 heterocycles. The normalized spacial score (nSPS) is 34.6. The fourth-order valence-corrected chi connectivity index (χ4v) is 2.26. The molecule has 2 aliphatic rings. The van der Waals surface area contributed by atoms with Crippen molar-refractivity contribution in [3.8, 4) is 0 Å². The van der Waals surface area contributed by atoms with E-state index in [4.69, 9.17) is 5.73 Å². The van der Waals surface area contributed by atoms with Gasteiger partial charge in [0.05, 0.1) is 12.1 Å². The van der Waals surface area contributed by atoms with Crippen molar-refractivity contribution in [1.29, 1.82) is 0 Å². The molecule has 0 radical (unpaired) electrons. The summed E-state index contributed by atoms with van der Waals surface area (Å²) in [6, 6.07) is 0. The van der Waals surface area contributed by atoms with Gasteiger partial charge in [0.15, 0.2) is 5.96 Å². The Labute approximate surface area is 80.0 Å². The van der Waals surface area contributed by atoms with Crippen molar-refractivity contribution in [1.82, 2.24) is 4.90 Å². The fraction of sp³-hybridized carbons (Fsp3) is 0.900. The van der Waals surface area contributed by atoms with Crippen LogP contribution in [0.4, 0.5) is 0 Å². The van der Waals surface area contributed by atoms with Crippen molar-refractivity contribution in [3.05, 3.63) is 0 Å². The minimum atomic E-state index is 0.204. The van der Waals surface area contributed by atoms with Crippen molar-refractivity contribution in [2.45, 2.75) is 38.1 Å². The van der Waals surface area contributed by atoms with Crippen LogP contribution in [-0.4, -0.2) is 30.0 Å². The summed E-state index contributed by atoms with van der Waals surface area (Å²) in [4.78, 5) is 6.45. The number of aliphatic imine (C=N–C) groups is 1. The predicted octanol–water partition coefficient (Wildman–Crippen LogP) is 1.20. The van der Waals surface area contributed by atoms with Gasteiger partial charge in [0.1, 0.15) is 0 Å². The molecule has 0 aromatic heterocycles. The quantitative estimate of drug-likeness (QED) is 0.695. The molecule has 0 aromatic rings. The average molecular weight is 181 g/mol. The summed E-state index contributed by atoms with van der Waals surface area (Å²) in [6.45, 7) is 3.15. The van der Waals surface area contributed by atoms with Gasteiger partial charge in [0.25, 0.3) is 0 Å². The van der Waals surface area contributed by atoms with E-state index in [1.54, 1.807) is 0 Å². The Kier molecular flexibility index (Phi) is 1.97. The van der Waals surface area contributed by atoms with Gasteiger partial charge in [-0.2, -0.15) is 0 Å². The number of nitrogens with zero attached hydrogens (tertiary/aromatic N) is 2. The summed E-state index contributed by atoms with van der Waals surface area (Å²) in [7, 11) is 2.06. The summed E-state index contributed by atoms with van der Waals surface area (Å²) in [5.74, 6) is 1.63. The van der Waals surface area contributed by atoms with Crippen molar-refractivity contribution in [2.75, 3.05) is 13.6 Å². The summed E-state index contributed by atoms with van der Waals surface area (Å²) in [5.41, 5.74) is 5.97. The van der Waals surface area contributed by atoms with Crippen LogP contribution in [0.25, 0.3) is 0 Å². The molecule has 0 spiro atoms. The predicted molar refractivity (Wildman–Crippen MR) is 54.6 cm³/mol. The molecule has 3 heteroatoms. The molecular weight excluding hydrogens is 162 g/mol. The minimum Gasteiger partial charge on any atom is -0.370 e. The summed E-state index contributed by atoms with van der Waals surface area (Å²) < 4.78 is 0. The molecule has 13 heavy (non-hydrogen) atoms. The number of nitrogens with two attached hydrogens (primary N) is 1. The van der Waals surface area contributed by atoms with Gasteiger partial charge < -0.3 is 10.6 Å². The monoisotopic (exact) mass is 181 g/mol. The minimum absolute atomic E-state index is 0.204. The van der Waals surface area contributed by atoms with Gasteiger partial charge in [-0.15, -0.1) is 0 Å². The Hall–Kier alpha value is -0.730. The highest BCUT2D eigenvalue weighted by Crippen LogP contribution is 2.37. The first kappa shape index (κ1) is 8.85. The van der Waals surface area contributed by atoms with E-state index in [0.717, 1.165) is 12.5 Å². The third-order valence-electron chi connectivity index (χ3n) is 3.69. The summed E-state index contributed by atoms with van der Waals surface area (Å²) >= 11 is 0. The zero-order chi connectivity index (χ0) is 9.47. The second-order valence-corrected chi connectivity index (χ2v) is 4.73. The Morgan fingerprint density at radius 2 is 2.31 bits per heavy atom. The van der Waals surface area contributed by atoms with Crippen LogP contribution in [0.2, 0.25) is 0 Å². The van der Waals surface area contributed by atoms with Crippen LogP contribution in [0.5, 0.6) is 0 Å². The lowest BCUT2D eigenvalue weighted by Gasteiger charge is -2.39. The standard InChI is InChI=1S/C10H19N3/c1-10(6-8-4-3-5-8)7-12-9(11)13(10)2/h8H,3-7H2,1-2H3,(H2,11,12). The van der Waals surface area contributed by atoms with Gasteiger partial charge in [0, 0.05) is 7.05 Å². The molecule has 1 unspecified atom stereocenters. The maximum Gasteiger partial charge on any atom is 0.191 e. The average Bonchev–Trinajstić information content (AvgIpc) is 2.28. The zero-order valence-corrected chi connectivity index (χ0v) is 8.58. The molecule has 1 aliphatic heterocycles. The van der Waals surface area contributed by atoms with Crippen LogP contribution < -0.4 is 5.73 Å². The Morgan fingerprint density at radius 3 is 2.69 bits per heavy atom. The Bertz CT molecular complexity index is 232. The molecule has 0 amide bonds. The lowest BCUT2D eigenvalue weighted by atomic mass is 9.76. The number of hydrogen-bond donors (Lipinski definition) is 1. The van der Waals surface area contributed by atoms with E-state index >= 15 is 0 Å². The molecular formula is C10H19N3. The number of likely N-dealkylation sites (N-methyl/N-ethyl adjacent to an activating group) is 1. The topological polar surface area (TPSA) is 41.6 Å². The van der Waals surface area contributed by atoms with Crippen molar-refractivity contribution in [2.24, 2.45) is 16.6 Å². The van der Waals surface area contributed by atoms with E-state index in [2.05, 4.69) is 23.9 Å². The van der Waals surface area contributed by atoms with E-state index in [9.17, 15) is 0 Å². The molecule has 1 saturated carbocycles. The third kappa shape index (κ3) is 1.40. The first-order chi connectivity index (χ1) is 6.12.